The quantitative estimate of drug-likeness (QED) is 0.635. The van der Waals surface area contributed by atoms with Gasteiger partial charge in [-0.05, 0) is 44.4 Å². The minimum atomic E-state index is 0.779. The second-order valence-corrected chi connectivity index (χ2v) is 5.65. The van der Waals surface area contributed by atoms with E-state index in [1.54, 1.807) is 0 Å². The molecular weight excluding hydrogens is 256 g/mol. The number of nitrogens with zero attached hydrogens (tertiary/aromatic N) is 1. The summed E-state index contributed by atoms with van der Waals surface area (Å²) in [6, 6.07) is 12.9. The van der Waals surface area contributed by atoms with Crippen molar-refractivity contribution in [2.45, 2.75) is 27.7 Å². The van der Waals surface area contributed by atoms with Gasteiger partial charge in [-0.25, -0.2) is 0 Å². The van der Waals surface area contributed by atoms with E-state index in [1.165, 1.54) is 33.5 Å². The van der Waals surface area contributed by atoms with Gasteiger partial charge in [-0.2, -0.15) is 0 Å². The van der Waals surface area contributed by atoms with Gasteiger partial charge in [0.15, 0.2) is 0 Å². The fourth-order valence-corrected chi connectivity index (χ4v) is 2.59. The van der Waals surface area contributed by atoms with Crippen molar-refractivity contribution in [3.63, 3.8) is 0 Å². The van der Waals surface area contributed by atoms with Gasteiger partial charge < -0.3 is 5.32 Å². The summed E-state index contributed by atoms with van der Waals surface area (Å²) in [7, 11) is 0. The van der Waals surface area contributed by atoms with Crippen LogP contribution in [-0.2, 0) is 0 Å². The van der Waals surface area contributed by atoms with E-state index in [0.29, 0.717) is 0 Å². The first kappa shape index (κ1) is 15.3. The van der Waals surface area contributed by atoms with Crippen LogP contribution in [0.25, 0.3) is 0 Å². The van der Waals surface area contributed by atoms with E-state index in [2.05, 4.69) is 74.4 Å². The first-order valence-electron chi connectivity index (χ1n) is 7.44. The number of aryl methyl sites for hydroxylation is 4. The number of nitrogens with one attached hydrogen (secondary N) is 1. The Bertz CT molecular complexity index is 602. The molecule has 0 heterocycles. The van der Waals surface area contributed by atoms with Crippen molar-refractivity contribution in [3.05, 3.63) is 64.2 Å². The topological polar surface area (TPSA) is 24.4 Å². The smallest absolute Gasteiger partial charge is 0.0562 e. The summed E-state index contributed by atoms with van der Waals surface area (Å²) in [4.78, 5) is 4.51. The molecule has 1 N–H and O–H groups in total. The van der Waals surface area contributed by atoms with Gasteiger partial charge in [0.1, 0.15) is 0 Å². The van der Waals surface area contributed by atoms with Gasteiger partial charge in [0.25, 0.3) is 0 Å². The molecule has 0 bridgehead atoms. The Balaban J connectivity index is 1.88. The molecule has 0 fully saturated rings. The lowest BCUT2D eigenvalue weighted by molar-refractivity contribution is 1.02. The van der Waals surface area contributed by atoms with Crippen molar-refractivity contribution in [2.24, 2.45) is 4.99 Å². The van der Waals surface area contributed by atoms with Gasteiger partial charge in [0, 0.05) is 18.4 Å². The second kappa shape index (κ2) is 7.07. The van der Waals surface area contributed by atoms with E-state index in [0.717, 1.165) is 13.1 Å². The Hall–Kier alpha value is -2.09. The highest BCUT2D eigenvalue weighted by Gasteiger charge is 1.99. The first-order chi connectivity index (χ1) is 10.1. The molecular formula is C19H24N2. The van der Waals surface area contributed by atoms with Crippen LogP contribution in [0.1, 0.15) is 27.8 Å². The largest absolute Gasteiger partial charge is 0.383 e. The summed E-state index contributed by atoms with van der Waals surface area (Å²) in [6.07, 6.45) is 1.96. The first-order valence-corrected chi connectivity index (χ1v) is 7.44. The van der Waals surface area contributed by atoms with Crippen LogP contribution >= 0.6 is 0 Å². The molecule has 0 unspecified atom stereocenters. The lowest BCUT2D eigenvalue weighted by Crippen LogP contribution is -2.07. The van der Waals surface area contributed by atoms with Crippen molar-refractivity contribution in [1.29, 1.82) is 0 Å². The number of hydrogen-bond donors (Lipinski definition) is 1. The number of anilines is 1. The Kier molecular flexibility index (Phi) is 5.15. The third-order valence-electron chi connectivity index (χ3n) is 3.51. The van der Waals surface area contributed by atoms with Crippen LogP contribution in [-0.4, -0.2) is 19.3 Å². The van der Waals surface area contributed by atoms with Crippen LogP contribution in [0.3, 0.4) is 0 Å². The number of para-hydroxylation sites is 1. The lowest BCUT2D eigenvalue weighted by Gasteiger charge is -2.11. The third kappa shape index (κ3) is 4.45. The zero-order chi connectivity index (χ0) is 15.2. The molecule has 2 aromatic rings. The van der Waals surface area contributed by atoms with Crippen LogP contribution in [0.2, 0.25) is 0 Å². The molecule has 0 saturated carbocycles. The minimum Gasteiger partial charge on any atom is -0.383 e. The lowest BCUT2D eigenvalue weighted by atomic mass is 10.1. The molecule has 21 heavy (non-hydrogen) atoms. The molecule has 2 rings (SSSR count). The van der Waals surface area contributed by atoms with E-state index in [4.69, 9.17) is 0 Å². The molecule has 0 amide bonds. The molecule has 110 valence electrons. The van der Waals surface area contributed by atoms with Gasteiger partial charge in [0.05, 0.1) is 6.54 Å². The van der Waals surface area contributed by atoms with E-state index in [9.17, 15) is 0 Å². The number of benzene rings is 2. The summed E-state index contributed by atoms with van der Waals surface area (Å²) >= 11 is 0. The van der Waals surface area contributed by atoms with Crippen molar-refractivity contribution in [2.75, 3.05) is 18.4 Å². The van der Waals surface area contributed by atoms with Gasteiger partial charge in [-0.15, -0.1) is 0 Å². The highest BCUT2D eigenvalue weighted by molar-refractivity contribution is 5.80. The van der Waals surface area contributed by atoms with Crippen molar-refractivity contribution in [3.8, 4) is 0 Å². The van der Waals surface area contributed by atoms with Crippen molar-refractivity contribution in [1.82, 2.24) is 0 Å². The number of aliphatic imine (C=N–C) groups is 1. The number of rotatable bonds is 5. The van der Waals surface area contributed by atoms with E-state index < -0.39 is 0 Å². The monoisotopic (exact) mass is 280 g/mol. The molecule has 0 spiro atoms. The van der Waals surface area contributed by atoms with E-state index >= 15 is 0 Å². The van der Waals surface area contributed by atoms with Gasteiger partial charge in [-0.3, -0.25) is 4.99 Å². The Morgan fingerprint density at radius 3 is 2.19 bits per heavy atom. The minimum absolute atomic E-state index is 0.779. The predicted octanol–water partition coefficient (Wildman–Crippen LogP) is 4.45. The fraction of sp³-hybridized carbons (Fsp3) is 0.316. The van der Waals surface area contributed by atoms with Gasteiger partial charge >= 0.3 is 0 Å². The molecule has 2 heteroatoms. The summed E-state index contributed by atoms with van der Waals surface area (Å²) in [5.41, 5.74) is 7.55. The third-order valence-corrected chi connectivity index (χ3v) is 3.51. The maximum atomic E-state index is 4.51. The van der Waals surface area contributed by atoms with Crippen LogP contribution in [0.4, 0.5) is 5.69 Å². The second-order valence-electron chi connectivity index (χ2n) is 5.65. The highest BCUT2D eigenvalue weighted by Crippen LogP contribution is 2.18. The average Bonchev–Trinajstić information content (AvgIpc) is 2.40. The molecule has 0 saturated heterocycles. The highest BCUT2D eigenvalue weighted by atomic mass is 14.9. The fourth-order valence-electron chi connectivity index (χ4n) is 2.59. The maximum Gasteiger partial charge on any atom is 0.0562 e. The summed E-state index contributed by atoms with van der Waals surface area (Å²) in [5.74, 6) is 0. The normalized spacial score (nSPS) is 11.0. The molecule has 0 aliphatic rings. The summed E-state index contributed by atoms with van der Waals surface area (Å²) in [5, 5.41) is 3.48. The SMILES string of the molecule is Cc1cc(C)cc(C=NCCNc2c(C)cccc2C)c1. The van der Waals surface area contributed by atoms with Crippen LogP contribution in [0, 0.1) is 27.7 Å². The summed E-state index contributed by atoms with van der Waals surface area (Å²) < 4.78 is 0. The van der Waals surface area contributed by atoms with Crippen molar-refractivity contribution < 1.29 is 0 Å². The molecule has 2 aromatic carbocycles. The van der Waals surface area contributed by atoms with Gasteiger partial charge in [-0.1, -0.05) is 47.5 Å². The molecule has 0 radical (unpaired) electrons. The van der Waals surface area contributed by atoms with E-state index in [-0.39, 0.29) is 0 Å². The zero-order valence-electron chi connectivity index (χ0n) is 13.4. The molecule has 0 aromatic heterocycles. The maximum absolute atomic E-state index is 4.51. The summed E-state index contributed by atoms with van der Waals surface area (Å²) in [6.45, 7) is 10.1. The predicted molar refractivity (Wildman–Crippen MR) is 92.8 cm³/mol. The van der Waals surface area contributed by atoms with Crippen LogP contribution < -0.4 is 5.32 Å². The standard InChI is InChI=1S/C19H24N2/c1-14-10-15(2)12-18(11-14)13-20-8-9-21-19-16(3)6-5-7-17(19)4/h5-7,10-13,21H,8-9H2,1-4H3. The molecule has 0 aliphatic heterocycles. The molecule has 0 aliphatic carbocycles. The molecule has 0 atom stereocenters. The Morgan fingerprint density at radius 2 is 1.57 bits per heavy atom. The van der Waals surface area contributed by atoms with Crippen LogP contribution in [0.5, 0.6) is 0 Å². The van der Waals surface area contributed by atoms with Gasteiger partial charge in [0.2, 0.25) is 0 Å². The van der Waals surface area contributed by atoms with Crippen molar-refractivity contribution >= 4 is 11.9 Å². The Morgan fingerprint density at radius 1 is 0.952 bits per heavy atom. The van der Waals surface area contributed by atoms with Crippen LogP contribution in [0.15, 0.2) is 41.4 Å². The zero-order valence-corrected chi connectivity index (χ0v) is 13.4. The Labute approximate surface area is 127 Å². The molecule has 2 nitrogen and oxygen atoms in total. The number of hydrogen-bond acceptors (Lipinski definition) is 2. The van der Waals surface area contributed by atoms with E-state index in [1.807, 2.05) is 6.21 Å². The average molecular weight is 280 g/mol.